The van der Waals surface area contributed by atoms with Gasteiger partial charge in [0.05, 0.1) is 19.0 Å². The number of amides is 1. The molecule has 0 aromatic carbocycles. The molecular formula is C9H13N3O4. The average molecular weight is 227 g/mol. The molecular weight excluding hydrogens is 214 g/mol. The third kappa shape index (κ3) is 2.57. The van der Waals surface area contributed by atoms with Crippen molar-refractivity contribution in [2.24, 2.45) is 0 Å². The number of aliphatic hydroxyl groups excluding tert-OH is 1. The highest BCUT2D eigenvalue weighted by Crippen LogP contribution is 2.03. The van der Waals surface area contributed by atoms with Crippen LogP contribution in [0.15, 0.2) is 6.33 Å². The smallest absolute Gasteiger partial charge is 0.354 e. The van der Waals surface area contributed by atoms with Gasteiger partial charge in [-0.05, 0) is 6.42 Å². The third-order valence-corrected chi connectivity index (χ3v) is 2.12. The molecule has 1 rings (SSSR count). The van der Waals surface area contributed by atoms with Crippen molar-refractivity contribution in [1.82, 2.24) is 15.3 Å². The predicted molar refractivity (Wildman–Crippen MR) is 54.2 cm³/mol. The number of aromatic nitrogens is 2. The Hall–Kier alpha value is -1.89. The van der Waals surface area contributed by atoms with Gasteiger partial charge in [0, 0.05) is 0 Å². The van der Waals surface area contributed by atoms with E-state index in [4.69, 9.17) is 10.2 Å². The zero-order chi connectivity index (χ0) is 12.1. The monoisotopic (exact) mass is 227 g/mol. The lowest BCUT2D eigenvalue weighted by atomic mass is 10.2. The van der Waals surface area contributed by atoms with E-state index in [-0.39, 0.29) is 18.0 Å². The van der Waals surface area contributed by atoms with Gasteiger partial charge in [0.2, 0.25) is 0 Å². The summed E-state index contributed by atoms with van der Waals surface area (Å²) in [6.07, 6.45) is 1.69. The quantitative estimate of drug-likeness (QED) is 0.546. The van der Waals surface area contributed by atoms with Crippen LogP contribution < -0.4 is 5.32 Å². The standard InChI is InChI=1S/C9H13N3O4/c1-2-5(3-13)12-8(14)6-7(9(15)16)11-4-10-6/h4-5,13H,2-3H2,1H3,(H,10,11)(H,12,14)(H,15,16). The summed E-state index contributed by atoms with van der Waals surface area (Å²) in [5, 5.41) is 20.1. The molecule has 0 aliphatic carbocycles. The number of carbonyl (C=O) groups is 2. The molecule has 1 heterocycles. The van der Waals surface area contributed by atoms with Crippen molar-refractivity contribution in [3.05, 3.63) is 17.7 Å². The van der Waals surface area contributed by atoms with Crippen LogP contribution in [0.25, 0.3) is 0 Å². The molecule has 0 fully saturated rings. The van der Waals surface area contributed by atoms with Crippen LogP contribution in [0.3, 0.4) is 0 Å². The first-order chi connectivity index (χ1) is 7.60. The molecule has 0 saturated heterocycles. The lowest BCUT2D eigenvalue weighted by Gasteiger charge is -2.12. The molecule has 7 nitrogen and oxygen atoms in total. The fraction of sp³-hybridized carbons (Fsp3) is 0.444. The Balaban J connectivity index is 2.80. The zero-order valence-electron chi connectivity index (χ0n) is 8.73. The van der Waals surface area contributed by atoms with Crippen molar-refractivity contribution in [3.8, 4) is 0 Å². The minimum atomic E-state index is -1.25. The summed E-state index contributed by atoms with van der Waals surface area (Å²) in [6.45, 7) is 1.60. The van der Waals surface area contributed by atoms with Crippen LogP contribution in [0.4, 0.5) is 0 Å². The number of H-pyrrole nitrogens is 1. The van der Waals surface area contributed by atoms with Gasteiger partial charge in [-0.15, -0.1) is 0 Å². The third-order valence-electron chi connectivity index (χ3n) is 2.12. The van der Waals surface area contributed by atoms with Crippen molar-refractivity contribution in [2.75, 3.05) is 6.61 Å². The largest absolute Gasteiger partial charge is 0.477 e. The molecule has 1 aromatic heterocycles. The molecule has 1 unspecified atom stereocenters. The molecule has 1 atom stereocenters. The van der Waals surface area contributed by atoms with Gasteiger partial charge in [0.1, 0.15) is 0 Å². The number of nitrogens with one attached hydrogen (secondary N) is 2. The number of hydrogen-bond acceptors (Lipinski definition) is 4. The maximum atomic E-state index is 11.6. The van der Waals surface area contributed by atoms with E-state index in [1.165, 1.54) is 0 Å². The molecule has 0 bridgehead atoms. The number of carboxylic acids is 1. The van der Waals surface area contributed by atoms with Gasteiger partial charge in [-0.1, -0.05) is 6.92 Å². The first-order valence-electron chi connectivity index (χ1n) is 4.78. The minimum Gasteiger partial charge on any atom is -0.477 e. The summed E-state index contributed by atoms with van der Waals surface area (Å²) < 4.78 is 0. The molecule has 88 valence electrons. The van der Waals surface area contributed by atoms with E-state index in [1.807, 2.05) is 0 Å². The minimum absolute atomic E-state index is 0.181. The number of hydrogen-bond donors (Lipinski definition) is 4. The fourth-order valence-electron chi connectivity index (χ4n) is 1.16. The second kappa shape index (κ2) is 5.26. The van der Waals surface area contributed by atoms with E-state index in [0.29, 0.717) is 6.42 Å². The van der Waals surface area contributed by atoms with Crippen molar-refractivity contribution in [1.29, 1.82) is 0 Å². The van der Waals surface area contributed by atoms with Crippen LogP contribution in [-0.2, 0) is 0 Å². The maximum Gasteiger partial charge on any atom is 0.354 e. The lowest BCUT2D eigenvalue weighted by Crippen LogP contribution is -2.37. The van der Waals surface area contributed by atoms with Crippen molar-refractivity contribution in [3.63, 3.8) is 0 Å². The molecule has 0 aliphatic rings. The molecule has 1 amide bonds. The number of carboxylic acid groups (broad SMARTS) is 1. The number of imidazole rings is 1. The predicted octanol–water partition coefficient (Wildman–Crippen LogP) is -0.391. The molecule has 4 N–H and O–H groups in total. The molecule has 0 radical (unpaired) electrons. The lowest BCUT2D eigenvalue weighted by molar-refractivity contribution is 0.0684. The second-order valence-electron chi connectivity index (χ2n) is 3.19. The SMILES string of the molecule is CCC(CO)NC(=O)c1nc[nH]c1C(=O)O. The van der Waals surface area contributed by atoms with Gasteiger partial charge in [-0.25, -0.2) is 9.78 Å². The molecule has 0 aliphatic heterocycles. The zero-order valence-corrected chi connectivity index (χ0v) is 8.73. The Labute approximate surface area is 91.5 Å². The van der Waals surface area contributed by atoms with E-state index in [9.17, 15) is 9.59 Å². The highest BCUT2D eigenvalue weighted by molar-refractivity contribution is 6.02. The van der Waals surface area contributed by atoms with Crippen molar-refractivity contribution in [2.45, 2.75) is 19.4 Å². The highest BCUT2D eigenvalue weighted by atomic mass is 16.4. The van der Waals surface area contributed by atoms with Crippen LogP contribution in [0, 0.1) is 0 Å². The van der Waals surface area contributed by atoms with Gasteiger partial charge < -0.3 is 20.5 Å². The van der Waals surface area contributed by atoms with Gasteiger partial charge in [-0.2, -0.15) is 0 Å². The van der Waals surface area contributed by atoms with Crippen LogP contribution >= 0.6 is 0 Å². The van der Waals surface area contributed by atoms with Gasteiger partial charge >= 0.3 is 5.97 Å². The number of rotatable bonds is 5. The number of carbonyl (C=O) groups excluding carboxylic acids is 1. The molecule has 0 saturated carbocycles. The average Bonchev–Trinajstić information content (AvgIpc) is 2.74. The summed E-state index contributed by atoms with van der Waals surface area (Å²) in [6, 6.07) is -0.397. The summed E-state index contributed by atoms with van der Waals surface area (Å²) in [5.74, 6) is -1.86. The van der Waals surface area contributed by atoms with E-state index in [0.717, 1.165) is 6.33 Å². The Morgan fingerprint density at radius 3 is 2.81 bits per heavy atom. The molecule has 16 heavy (non-hydrogen) atoms. The van der Waals surface area contributed by atoms with Crippen LogP contribution in [0.1, 0.15) is 34.3 Å². The van der Waals surface area contributed by atoms with E-state index < -0.39 is 17.9 Å². The number of aromatic amines is 1. The number of nitrogens with zero attached hydrogens (tertiary/aromatic N) is 1. The number of aromatic carboxylic acids is 1. The highest BCUT2D eigenvalue weighted by Gasteiger charge is 2.21. The molecule has 1 aromatic rings. The normalized spacial score (nSPS) is 12.1. The summed E-state index contributed by atoms with van der Waals surface area (Å²) in [4.78, 5) is 28.3. The topological polar surface area (TPSA) is 115 Å². The van der Waals surface area contributed by atoms with Gasteiger partial charge in [-0.3, -0.25) is 4.79 Å². The van der Waals surface area contributed by atoms with E-state index >= 15 is 0 Å². The summed E-state index contributed by atoms with van der Waals surface area (Å²) >= 11 is 0. The first kappa shape index (κ1) is 12.2. The van der Waals surface area contributed by atoms with Crippen molar-refractivity contribution < 1.29 is 19.8 Å². The van der Waals surface area contributed by atoms with E-state index in [2.05, 4.69) is 15.3 Å². The Kier molecular flexibility index (Phi) is 4.01. The summed E-state index contributed by atoms with van der Waals surface area (Å²) in [5.41, 5.74) is -0.440. The maximum absolute atomic E-state index is 11.6. The van der Waals surface area contributed by atoms with Crippen LogP contribution in [0.2, 0.25) is 0 Å². The molecule has 7 heteroatoms. The Bertz CT molecular complexity index is 384. The van der Waals surface area contributed by atoms with Gasteiger partial charge in [0.25, 0.3) is 5.91 Å². The number of aliphatic hydroxyl groups is 1. The fourth-order valence-corrected chi connectivity index (χ4v) is 1.16. The van der Waals surface area contributed by atoms with Crippen LogP contribution in [0.5, 0.6) is 0 Å². The second-order valence-corrected chi connectivity index (χ2v) is 3.19. The Morgan fingerprint density at radius 1 is 1.62 bits per heavy atom. The first-order valence-corrected chi connectivity index (χ1v) is 4.78. The van der Waals surface area contributed by atoms with Crippen LogP contribution in [-0.4, -0.2) is 44.7 Å². The van der Waals surface area contributed by atoms with Gasteiger partial charge in [0.15, 0.2) is 11.4 Å². The Morgan fingerprint density at radius 2 is 2.31 bits per heavy atom. The molecule has 0 spiro atoms. The van der Waals surface area contributed by atoms with Crippen molar-refractivity contribution >= 4 is 11.9 Å². The summed E-state index contributed by atoms with van der Waals surface area (Å²) in [7, 11) is 0. The van der Waals surface area contributed by atoms with E-state index in [1.54, 1.807) is 6.92 Å².